The van der Waals surface area contributed by atoms with Gasteiger partial charge in [-0.05, 0) is 26.0 Å². The molecule has 0 saturated carbocycles. The second-order valence-corrected chi connectivity index (χ2v) is 4.05. The molecular weight excluding hydrogens is 174 g/mol. The Balaban J connectivity index is 2.29. The summed E-state index contributed by atoms with van der Waals surface area (Å²) in [5.41, 5.74) is 3.59. The molecule has 0 aliphatic carbocycles. The second-order valence-electron chi connectivity index (χ2n) is 4.05. The van der Waals surface area contributed by atoms with Crippen LogP contribution in [0.5, 0.6) is 0 Å². The van der Waals surface area contributed by atoms with Crippen LogP contribution in [0, 0.1) is 13.8 Å². The van der Waals surface area contributed by atoms with E-state index in [2.05, 4.69) is 37.4 Å². The summed E-state index contributed by atoms with van der Waals surface area (Å²) >= 11 is 0. The lowest BCUT2D eigenvalue weighted by Crippen LogP contribution is -1.82. The normalized spacial score (nSPS) is 20.3. The number of furan rings is 1. The van der Waals surface area contributed by atoms with Gasteiger partial charge < -0.3 is 9.73 Å². The first-order valence-corrected chi connectivity index (χ1v) is 4.99. The van der Waals surface area contributed by atoms with Crippen LogP contribution in [0.25, 0.3) is 11.0 Å². The van der Waals surface area contributed by atoms with E-state index in [0.717, 1.165) is 17.9 Å². The van der Waals surface area contributed by atoms with Crippen LogP contribution in [-0.2, 0) is 0 Å². The van der Waals surface area contributed by atoms with E-state index in [4.69, 9.17) is 4.42 Å². The molecule has 0 spiro atoms. The van der Waals surface area contributed by atoms with Crippen molar-refractivity contribution in [2.24, 2.45) is 0 Å². The molecule has 2 nitrogen and oxygen atoms in total. The zero-order valence-corrected chi connectivity index (χ0v) is 8.42. The van der Waals surface area contributed by atoms with Crippen LogP contribution in [-0.4, -0.2) is 6.54 Å². The highest BCUT2D eigenvalue weighted by molar-refractivity contribution is 5.83. The Morgan fingerprint density at radius 1 is 1.36 bits per heavy atom. The summed E-state index contributed by atoms with van der Waals surface area (Å²) in [6.45, 7) is 5.31. The highest BCUT2D eigenvalue weighted by atomic mass is 16.3. The van der Waals surface area contributed by atoms with Gasteiger partial charge >= 0.3 is 0 Å². The van der Waals surface area contributed by atoms with Gasteiger partial charge in [-0.3, -0.25) is 0 Å². The van der Waals surface area contributed by atoms with Crippen LogP contribution in [0.1, 0.15) is 22.9 Å². The zero-order chi connectivity index (χ0) is 9.71. The standard InChI is InChI=1S/C12H13NO/c1-7-3-4-11-9(5-7)8(2)12(14-11)10-6-13-10/h3-5,10,13H,6H2,1-2H3/t10-/m1/s1. The molecule has 1 fully saturated rings. The molecule has 1 aromatic heterocycles. The number of fused-ring (bicyclic) bond motifs is 1. The molecule has 1 saturated heterocycles. The van der Waals surface area contributed by atoms with Gasteiger partial charge in [0.2, 0.25) is 0 Å². The number of aryl methyl sites for hydroxylation is 2. The monoisotopic (exact) mass is 187 g/mol. The van der Waals surface area contributed by atoms with Crippen LogP contribution in [0.2, 0.25) is 0 Å². The molecule has 2 heterocycles. The lowest BCUT2D eigenvalue weighted by atomic mass is 10.1. The fourth-order valence-electron chi connectivity index (χ4n) is 1.93. The van der Waals surface area contributed by atoms with E-state index >= 15 is 0 Å². The van der Waals surface area contributed by atoms with Gasteiger partial charge in [-0.15, -0.1) is 0 Å². The maximum Gasteiger partial charge on any atom is 0.134 e. The summed E-state index contributed by atoms with van der Waals surface area (Å²) in [4.78, 5) is 0. The van der Waals surface area contributed by atoms with Crippen molar-refractivity contribution in [3.8, 4) is 0 Å². The van der Waals surface area contributed by atoms with Crippen molar-refractivity contribution < 1.29 is 4.42 Å². The third-order valence-electron chi connectivity index (χ3n) is 2.85. The molecule has 1 aromatic carbocycles. The Labute approximate surface area is 82.9 Å². The van der Waals surface area contributed by atoms with Crippen molar-refractivity contribution in [3.05, 3.63) is 35.1 Å². The number of hydrogen-bond donors (Lipinski definition) is 1. The summed E-state index contributed by atoms with van der Waals surface area (Å²) in [6, 6.07) is 6.81. The Morgan fingerprint density at radius 2 is 2.14 bits per heavy atom. The molecule has 2 aromatic rings. The highest BCUT2D eigenvalue weighted by Crippen LogP contribution is 2.33. The molecule has 0 bridgehead atoms. The van der Waals surface area contributed by atoms with Crippen molar-refractivity contribution in [1.82, 2.24) is 5.32 Å². The molecule has 1 aliphatic heterocycles. The molecule has 2 heteroatoms. The molecule has 0 radical (unpaired) electrons. The van der Waals surface area contributed by atoms with Gasteiger partial charge in [0.05, 0.1) is 6.04 Å². The van der Waals surface area contributed by atoms with Gasteiger partial charge in [0, 0.05) is 17.5 Å². The lowest BCUT2D eigenvalue weighted by molar-refractivity contribution is 0.546. The summed E-state index contributed by atoms with van der Waals surface area (Å²) < 4.78 is 5.82. The summed E-state index contributed by atoms with van der Waals surface area (Å²) in [7, 11) is 0. The van der Waals surface area contributed by atoms with Crippen LogP contribution >= 0.6 is 0 Å². The van der Waals surface area contributed by atoms with Gasteiger partial charge in [0.1, 0.15) is 11.3 Å². The molecule has 3 rings (SSSR count). The molecule has 14 heavy (non-hydrogen) atoms. The van der Waals surface area contributed by atoms with Gasteiger partial charge in [0.15, 0.2) is 0 Å². The molecule has 1 N–H and O–H groups in total. The van der Waals surface area contributed by atoms with E-state index < -0.39 is 0 Å². The first-order valence-electron chi connectivity index (χ1n) is 4.99. The predicted octanol–water partition coefficient (Wildman–Crippen LogP) is 2.69. The smallest absolute Gasteiger partial charge is 0.134 e. The molecule has 1 aliphatic rings. The van der Waals surface area contributed by atoms with Gasteiger partial charge in [-0.25, -0.2) is 0 Å². The average molecular weight is 187 g/mol. The number of hydrogen-bond acceptors (Lipinski definition) is 2. The first kappa shape index (κ1) is 8.06. The fraction of sp³-hybridized carbons (Fsp3) is 0.333. The first-order chi connectivity index (χ1) is 6.75. The Hall–Kier alpha value is -1.28. The largest absolute Gasteiger partial charge is 0.459 e. The predicted molar refractivity (Wildman–Crippen MR) is 56.4 cm³/mol. The molecule has 1 atom stereocenters. The van der Waals surface area contributed by atoms with Crippen molar-refractivity contribution in [2.75, 3.05) is 6.54 Å². The van der Waals surface area contributed by atoms with E-state index in [9.17, 15) is 0 Å². The third kappa shape index (κ3) is 1.07. The molecule has 72 valence electrons. The van der Waals surface area contributed by atoms with Gasteiger partial charge in [0.25, 0.3) is 0 Å². The van der Waals surface area contributed by atoms with Crippen LogP contribution in [0.4, 0.5) is 0 Å². The van der Waals surface area contributed by atoms with Crippen molar-refractivity contribution in [2.45, 2.75) is 19.9 Å². The Morgan fingerprint density at radius 3 is 2.86 bits per heavy atom. The molecule has 0 amide bonds. The third-order valence-corrected chi connectivity index (χ3v) is 2.85. The molecular formula is C12H13NO. The van der Waals surface area contributed by atoms with Crippen LogP contribution < -0.4 is 5.32 Å². The van der Waals surface area contributed by atoms with E-state index in [-0.39, 0.29) is 0 Å². The highest BCUT2D eigenvalue weighted by Gasteiger charge is 2.28. The van der Waals surface area contributed by atoms with Crippen LogP contribution in [0.3, 0.4) is 0 Å². The van der Waals surface area contributed by atoms with Crippen molar-refractivity contribution in [3.63, 3.8) is 0 Å². The molecule has 0 unspecified atom stereocenters. The number of benzene rings is 1. The Bertz CT molecular complexity index is 494. The zero-order valence-electron chi connectivity index (χ0n) is 8.42. The number of rotatable bonds is 1. The number of nitrogens with one attached hydrogen (secondary N) is 1. The summed E-state index contributed by atoms with van der Waals surface area (Å²) in [5, 5.41) is 4.53. The average Bonchev–Trinajstić information content (AvgIpc) is 2.95. The van der Waals surface area contributed by atoms with E-state index in [0.29, 0.717) is 6.04 Å². The maximum absolute atomic E-state index is 5.82. The topological polar surface area (TPSA) is 35.1 Å². The lowest BCUT2D eigenvalue weighted by Gasteiger charge is -1.92. The summed E-state index contributed by atoms with van der Waals surface area (Å²) in [6.07, 6.45) is 0. The van der Waals surface area contributed by atoms with Crippen LogP contribution in [0.15, 0.2) is 22.6 Å². The second kappa shape index (κ2) is 2.61. The fourth-order valence-corrected chi connectivity index (χ4v) is 1.93. The van der Waals surface area contributed by atoms with Crippen molar-refractivity contribution in [1.29, 1.82) is 0 Å². The van der Waals surface area contributed by atoms with Gasteiger partial charge in [-0.1, -0.05) is 11.6 Å². The van der Waals surface area contributed by atoms with E-state index in [1.807, 2.05) is 0 Å². The minimum atomic E-state index is 0.461. The minimum Gasteiger partial charge on any atom is -0.459 e. The van der Waals surface area contributed by atoms with Crippen molar-refractivity contribution >= 4 is 11.0 Å². The summed E-state index contributed by atoms with van der Waals surface area (Å²) in [5.74, 6) is 1.12. The van der Waals surface area contributed by atoms with E-state index in [1.165, 1.54) is 16.5 Å². The Kier molecular flexibility index (Phi) is 1.50. The van der Waals surface area contributed by atoms with Gasteiger partial charge in [-0.2, -0.15) is 0 Å². The minimum absolute atomic E-state index is 0.461. The SMILES string of the molecule is Cc1ccc2oc([C@H]3CN3)c(C)c2c1. The van der Waals surface area contributed by atoms with E-state index in [1.54, 1.807) is 0 Å². The quantitative estimate of drug-likeness (QED) is 0.696. The maximum atomic E-state index is 5.82.